The molecule has 162 valence electrons. The number of hydrogen-bond donors (Lipinski definition) is 2. The molecule has 0 saturated heterocycles. The zero-order chi connectivity index (χ0) is 22.0. The van der Waals surface area contributed by atoms with Gasteiger partial charge in [0.05, 0.1) is 0 Å². The van der Waals surface area contributed by atoms with Gasteiger partial charge in [-0.25, -0.2) is 8.42 Å². The molecule has 8 heteroatoms. The summed E-state index contributed by atoms with van der Waals surface area (Å²) in [6.45, 7) is 3.33. The Morgan fingerprint density at radius 3 is 2.68 bits per heavy atom. The molecule has 1 aliphatic rings. The maximum atomic E-state index is 12.8. The van der Waals surface area contributed by atoms with Gasteiger partial charge in [-0.05, 0) is 60.5 Å². The van der Waals surface area contributed by atoms with E-state index in [0.29, 0.717) is 12.2 Å². The molecule has 0 bridgehead atoms. The Bertz CT molecular complexity index is 1200. The fourth-order valence-corrected chi connectivity index (χ4v) is 6.12. The largest absolute Gasteiger partial charge is 0.374 e. The second kappa shape index (κ2) is 8.72. The Morgan fingerprint density at radius 2 is 1.90 bits per heavy atom. The maximum absolute atomic E-state index is 12.8. The average molecular weight is 456 g/mol. The first-order valence-electron chi connectivity index (χ1n) is 10.1. The van der Waals surface area contributed by atoms with E-state index in [4.69, 9.17) is 0 Å². The minimum atomic E-state index is -3.87. The summed E-state index contributed by atoms with van der Waals surface area (Å²) in [5.41, 5.74) is 5.01. The first kappa shape index (κ1) is 21.4. The Labute approximate surface area is 187 Å². The monoisotopic (exact) mass is 455 g/mol. The van der Waals surface area contributed by atoms with Crippen LogP contribution in [0.5, 0.6) is 0 Å². The van der Waals surface area contributed by atoms with Crippen LogP contribution in [-0.2, 0) is 23.0 Å². The Morgan fingerprint density at radius 1 is 1.13 bits per heavy atom. The zero-order valence-corrected chi connectivity index (χ0v) is 19.1. The minimum absolute atomic E-state index is 0.0114. The third kappa shape index (κ3) is 4.75. The van der Waals surface area contributed by atoms with Crippen molar-refractivity contribution in [3.63, 3.8) is 0 Å². The van der Waals surface area contributed by atoms with Gasteiger partial charge in [-0.1, -0.05) is 29.8 Å². The van der Waals surface area contributed by atoms with E-state index in [2.05, 4.69) is 34.1 Å². The van der Waals surface area contributed by atoms with Crippen molar-refractivity contribution in [1.29, 1.82) is 0 Å². The highest BCUT2D eigenvalue weighted by molar-refractivity contribution is 7.93. The van der Waals surface area contributed by atoms with Crippen molar-refractivity contribution in [3.8, 4) is 0 Å². The van der Waals surface area contributed by atoms with Crippen LogP contribution in [0.4, 0.5) is 11.4 Å². The van der Waals surface area contributed by atoms with Gasteiger partial charge in [0.2, 0.25) is 0 Å². The number of thiophene rings is 1. The van der Waals surface area contributed by atoms with Gasteiger partial charge in [0, 0.05) is 31.5 Å². The van der Waals surface area contributed by atoms with E-state index in [9.17, 15) is 13.2 Å². The smallest absolute Gasteiger partial charge is 0.263 e. The van der Waals surface area contributed by atoms with Crippen LogP contribution in [0.3, 0.4) is 0 Å². The molecule has 0 radical (unpaired) electrons. The third-order valence-corrected chi connectivity index (χ3v) is 7.84. The molecule has 0 fully saturated rings. The molecule has 1 aliphatic heterocycles. The summed E-state index contributed by atoms with van der Waals surface area (Å²) in [5.74, 6) is -0.394. The minimum Gasteiger partial charge on any atom is -0.374 e. The summed E-state index contributed by atoms with van der Waals surface area (Å²) < 4.78 is 28.2. The highest BCUT2D eigenvalue weighted by Crippen LogP contribution is 2.27. The molecule has 4 rings (SSSR count). The summed E-state index contributed by atoms with van der Waals surface area (Å²) in [6.07, 6.45) is 2.14. The summed E-state index contributed by atoms with van der Waals surface area (Å²) in [5, 5.41) is 4.49. The molecule has 6 nitrogen and oxygen atoms in total. The number of nitrogens with zero attached hydrogens (tertiary/aromatic N) is 1. The van der Waals surface area contributed by atoms with Gasteiger partial charge in [-0.2, -0.15) is 0 Å². The number of carbonyl (C=O) groups is 1. The molecular weight excluding hydrogens is 430 g/mol. The summed E-state index contributed by atoms with van der Waals surface area (Å²) in [4.78, 5) is 15.2. The second-order valence-electron chi connectivity index (χ2n) is 7.76. The number of sulfonamides is 1. The number of aryl methyl sites for hydroxylation is 2. The van der Waals surface area contributed by atoms with Crippen molar-refractivity contribution in [3.05, 3.63) is 75.5 Å². The van der Waals surface area contributed by atoms with E-state index in [-0.39, 0.29) is 9.77 Å². The fourth-order valence-electron chi connectivity index (χ4n) is 3.72. The van der Waals surface area contributed by atoms with Crippen LogP contribution < -0.4 is 14.9 Å². The van der Waals surface area contributed by atoms with Crippen LogP contribution in [0.2, 0.25) is 0 Å². The van der Waals surface area contributed by atoms with Crippen molar-refractivity contribution in [2.24, 2.45) is 0 Å². The van der Waals surface area contributed by atoms with Gasteiger partial charge < -0.3 is 10.2 Å². The average Bonchev–Trinajstić information content (AvgIpc) is 3.25. The predicted molar refractivity (Wildman–Crippen MR) is 126 cm³/mol. The Kier molecular flexibility index (Phi) is 6.02. The normalized spacial score (nSPS) is 13.5. The van der Waals surface area contributed by atoms with Crippen molar-refractivity contribution >= 4 is 38.6 Å². The first-order chi connectivity index (χ1) is 14.8. The number of carbonyl (C=O) groups excluding carboxylic acids is 1. The van der Waals surface area contributed by atoms with Gasteiger partial charge in [0.15, 0.2) is 0 Å². The fraction of sp³-hybridized carbons (Fsp3) is 0.261. The van der Waals surface area contributed by atoms with Crippen LogP contribution >= 0.6 is 11.3 Å². The van der Waals surface area contributed by atoms with Gasteiger partial charge in [0.25, 0.3) is 15.9 Å². The van der Waals surface area contributed by atoms with Crippen LogP contribution in [-0.4, -0.2) is 27.9 Å². The SMILES string of the molecule is Cc1ccc(NS(=O)(=O)c2ccsc2C(=O)NCc2ccc3c(c2)CCCN3C)cc1. The lowest BCUT2D eigenvalue weighted by molar-refractivity contribution is 0.0952. The molecule has 0 saturated carbocycles. The summed E-state index contributed by atoms with van der Waals surface area (Å²) in [7, 11) is -1.78. The molecule has 2 aromatic carbocycles. The van der Waals surface area contributed by atoms with E-state index in [0.717, 1.165) is 41.9 Å². The van der Waals surface area contributed by atoms with Crippen molar-refractivity contribution < 1.29 is 13.2 Å². The molecule has 3 aromatic rings. The highest BCUT2D eigenvalue weighted by Gasteiger charge is 2.24. The number of hydrogen-bond acceptors (Lipinski definition) is 5. The van der Waals surface area contributed by atoms with E-state index in [1.165, 1.54) is 17.3 Å². The van der Waals surface area contributed by atoms with Gasteiger partial charge in [0.1, 0.15) is 9.77 Å². The third-order valence-electron chi connectivity index (χ3n) is 5.38. The Balaban J connectivity index is 1.47. The van der Waals surface area contributed by atoms with Crippen molar-refractivity contribution in [2.45, 2.75) is 31.2 Å². The molecule has 31 heavy (non-hydrogen) atoms. The topological polar surface area (TPSA) is 78.5 Å². The van der Waals surface area contributed by atoms with Crippen LogP contribution in [0, 0.1) is 6.92 Å². The van der Waals surface area contributed by atoms with E-state index >= 15 is 0 Å². The lowest BCUT2D eigenvalue weighted by Crippen LogP contribution is -2.26. The first-order valence-corrected chi connectivity index (χ1v) is 12.5. The zero-order valence-electron chi connectivity index (χ0n) is 17.5. The number of nitrogens with one attached hydrogen (secondary N) is 2. The molecule has 1 aromatic heterocycles. The standard InChI is InChI=1S/C23H25N3O3S2/c1-16-5-8-19(9-6-16)25-31(28,29)21-11-13-30-22(21)23(27)24-15-17-7-10-20-18(14-17)4-3-12-26(20)2/h5-11,13-14,25H,3-4,12,15H2,1-2H3,(H,24,27). The summed E-state index contributed by atoms with van der Waals surface area (Å²) >= 11 is 1.12. The van der Waals surface area contributed by atoms with E-state index < -0.39 is 15.9 Å². The van der Waals surface area contributed by atoms with E-state index in [1.807, 2.05) is 25.1 Å². The molecule has 2 N–H and O–H groups in total. The molecule has 0 atom stereocenters. The number of benzene rings is 2. The van der Waals surface area contributed by atoms with Gasteiger partial charge in [-0.3, -0.25) is 9.52 Å². The van der Waals surface area contributed by atoms with Gasteiger partial charge in [-0.15, -0.1) is 11.3 Å². The number of rotatable bonds is 6. The molecular formula is C23H25N3O3S2. The molecule has 0 spiro atoms. The van der Waals surface area contributed by atoms with Crippen molar-refractivity contribution in [2.75, 3.05) is 23.2 Å². The molecule has 1 amide bonds. The van der Waals surface area contributed by atoms with Crippen LogP contribution in [0.25, 0.3) is 0 Å². The predicted octanol–water partition coefficient (Wildman–Crippen LogP) is 4.17. The Hall–Kier alpha value is -2.84. The second-order valence-corrected chi connectivity index (χ2v) is 10.3. The van der Waals surface area contributed by atoms with E-state index in [1.54, 1.807) is 17.5 Å². The van der Waals surface area contributed by atoms with Crippen LogP contribution in [0.15, 0.2) is 58.8 Å². The van der Waals surface area contributed by atoms with Gasteiger partial charge >= 0.3 is 0 Å². The molecule has 2 heterocycles. The lowest BCUT2D eigenvalue weighted by atomic mass is 9.99. The molecule has 0 aliphatic carbocycles. The quantitative estimate of drug-likeness (QED) is 0.585. The highest BCUT2D eigenvalue weighted by atomic mass is 32.2. The number of fused-ring (bicyclic) bond motifs is 1. The number of amides is 1. The van der Waals surface area contributed by atoms with Crippen molar-refractivity contribution in [1.82, 2.24) is 5.32 Å². The van der Waals surface area contributed by atoms with Crippen LogP contribution in [0.1, 0.15) is 32.8 Å². The maximum Gasteiger partial charge on any atom is 0.263 e. The molecule has 0 unspecified atom stereocenters. The summed E-state index contributed by atoms with van der Waals surface area (Å²) in [6, 6.07) is 14.7. The lowest BCUT2D eigenvalue weighted by Gasteiger charge is -2.27. The number of anilines is 2.